The number of nitrogens with zero attached hydrogens (tertiary/aromatic N) is 2. The molecule has 1 amide bonds. The van der Waals surface area contributed by atoms with Crippen LogP contribution in [0.3, 0.4) is 0 Å². The Morgan fingerprint density at radius 2 is 1.78 bits per heavy atom. The van der Waals surface area contributed by atoms with Crippen LogP contribution < -0.4 is 0 Å². The van der Waals surface area contributed by atoms with Gasteiger partial charge in [0.15, 0.2) is 0 Å². The van der Waals surface area contributed by atoms with Crippen molar-refractivity contribution in [3.8, 4) is 0 Å². The molecular formula is C17H30N2O4. The van der Waals surface area contributed by atoms with E-state index in [-0.39, 0.29) is 6.09 Å². The van der Waals surface area contributed by atoms with Crippen LogP contribution in [0.5, 0.6) is 0 Å². The molecule has 6 nitrogen and oxygen atoms in total. The van der Waals surface area contributed by atoms with Gasteiger partial charge in [-0.25, -0.2) is 4.79 Å². The fraction of sp³-hybridized carbons (Fsp3) is 0.941. The van der Waals surface area contributed by atoms with Crippen LogP contribution in [0, 0.1) is 17.8 Å². The molecule has 1 saturated carbocycles. The second-order valence-corrected chi connectivity index (χ2v) is 8.56. The minimum absolute atomic E-state index is 0.284. The lowest BCUT2D eigenvalue weighted by Crippen LogP contribution is -2.52. The Morgan fingerprint density at radius 1 is 1.22 bits per heavy atom. The molecule has 2 N–H and O–H groups in total. The summed E-state index contributed by atoms with van der Waals surface area (Å²) in [6.45, 7) is 9.66. The van der Waals surface area contributed by atoms with Crippen LogP contribution in [0.2, 0.25) is 0 Å². The van der Waals surface area contributed by atoms with Crippen LogP contribution in [0.1, 0.15) is 33.6 Å². The van der Waals surface area contributed by atoms with Crippen molar-refractivity contribution in [3.63, 3.8) is 0 Å². The summed E-state index contributed by atoms with van der Waals surface area (Å²) in [6.07, 6.45) is 0.913. The summed E-state index contributed by atoms with van der Waals surface area (Å²) in [4.78, 5) is 16.1. The van der Waals surface area contributed by atoms with Crippen molar-refractivity contribution < 1.29 is 19.7 Å². The Morgan fingerprint density at radius 3 is 2.26 bits per heavy atom. The summed E-state index contributed by atoms with van der Waals surface area (Å²) in [5.41, 5.74) is -1.19. The third-order valence-electron chi connectivity index (χ3n) is 5.52. The van der Waals surface area contributed by atoms with Crippen LogP contribution in [-0.2, 0) is 4.74 Å². The number of aliphatic hydroxyl groups excluding tert-OH is 1. The van der Waals surface area contributed by atoms with Crippen LogP contribution in [0.25, 0.3) is 0 Å². The van der Waals surface area contributed by atoms with Crippen molar-refractivity contribution in [1.29, 1.82) is 0 Å². The van der Waals surface area contributed by atoms with E-state index in [1.165, 1.54) is 0 Å². The maximum absolute atomic E-state index is 12.1. The lowest BCUT2D eigenvalue weighted by atomic mass is 9.91. The molecule has 0 radical (unpaired) electrons. The molecule has 2 atom stereocenters. The topological polar surface area (TPSA) is 73.2 Å². The number of aliphatic hydroxyl groups is 2. The molecule has 0 aromatic heterocycles. The molecule has 0 aromatic rings. The molecule has 3 rings (SSSR count). The Hall–Kier alpha value is -0.850. The lowest BCUT2D eigenvalue weighted by Gasteiger charge is -2.40. The SMILES string of the molecule is CC(C)(C)OC(=O)N1CCC(O)(CN2CC3C(CO)C3C2)CC1. The predicted octanol–water partition coefficient (Wildman–Crippen LogP) is 0.918. The molecule has 23 heavy (non-hydrogen) atoms. The van der Waals surface area contributed by atoms with Gasteiger partial charge in [0.1, 0.15) is 5.60 Å². The minimum atomic E-state index is -0.704. The van der Waals surface area contributed by atoms with Gasteiger partial charge in [0.2, 0.25) is 0 Å². The number of hydrogen-bond donors (Lipinski definition) is 2. The maximum atomic E-state index is 12.1. The van der Waals surface area contributed by atoms with Gasteiger partial charge in [-0.1, -0.05) is 0 Å². The van der Waals surface area contributed by atoms with Gasteiger partial charge in [-0.05, 0) is 51.4 Å². The van der Waals surface area contributed by atoms with Crippen molar-refractivity contribution in [3.05, 3.63) is 0 Å². The summed E-state index contributed by atoms with van der Waals surface area (Å²) in [7, 11) is 0. The van der Waals surface area contributed by atoms with Gasteiger partial charge in [-0.15, -0.1) is 0 Å². The highest BCUT2D eigenvalue weighted by Gasteiger charge is 2.55. The third-order valence-corrected chi connectivity index (χ3v) is 5.52. The second kappa shape index (κ2) is 5.90. The molecular weight excluding hydrogens is 296 g/mol. The molecule has 1 aliphatic carbocycles. The number of β-amino-alcohol motifs (C(OH)–C–C–N with tert-alkyl or cyclic N) is 1. The molecule has 3 fully saturated rings. The Kier molecular flexibility index (Phi) is 4.36. The number of rotatable bonds is 3. The van der Waals surface area contributed by atoms with E-state index in [0.29, 0.717) is 56.8 Å². The molecule has 132 valence electrons. The zero-order valence-electron chi connectivity index (χ0n) is 14.5. The van der Waals surface area contributed by atoms with Crippen molar-refractivity contribution in [2.45, 2.75) is 44.8 Å². The van der Waals surface area contributed by atoms with Crippen LogP contribution >= 0.6 is 0 Å². The number of carbonyl (C=O) groups is 1. The summed E-state index contributed by atoms with van der Waals surface area (Å²) < 4.78 is 5.39. The van der Waals surface area contributed by atoms with Gasteiger partial charge in [0.05, 0.1) is 5.60 Å². The fourth-order valence-electron chi connectivity index (χ4n) is 4.14. The number of ether oxygens (including phenoxy) is 1. The van der Waals surface area contributed by atoms with Gasteiger partial charge in [-0.3, -0.25) is 4.90 Å². The van der Waals surface area contributed by atoms with Gasteiger partial charge in [-0.2, -0.15) is 0 Å². The molecule has 0 spiro atoms. The number of carbonyl (C=O) groups excluding carboxylic acids is 1. The van der Waals surface area contributed by atoms with Gasteiger partial charge >= 0.3 is 6.09 Å². The zero-order valence-corrected chi connectivity index (χ0v) is 14.5. The van der Waals surface area contributed by atoms with Crippen LogP contribution in [0.15, 0.2) is 0 Å². The fourth-order valence-corrected chi connectivity index (χ4v) is 4.14. The summed E-state index contributed by atoms with van der Waals surface area (Å²) in [5.74, 6) is 1.76. The molecule has 2 aliphatic heterocycles. The molecule has 0 aromatic carbocycles. The Labute approximate surface area is 138 Å². The Balaban J connectivity index is 1.44. The van der Waals surface area contributed by atoms with Crippen molar-refractivity contribution in [2.75, 3.05) is 39.3 Å². The largest absolute Gasteiger partial charge is 0.444 e. The van der Waals surface area contributed by atoms with E-state index in [9.17, 15) is 15.0 Å². The van der Waals surface area contributed by atoms with Crippen LogP contribution in [0.4, 0.5) is 4.79 Å². The summed E-state index contributed by atoms with van der Waals surface area (Å²) in [6, 6.07) is 0. The molecule has 2 saturated heterocycles. The predicted molar refractivity (Wildman–Crippen MR) is 86.0 cm³/mol. The maximum Gasteiger partial charge on any atom is 0.410 e. The average Bonchev–Trinajstić information content (AvgIpc) is 2.91. The third kappa shape index (κ3) is 3.80. The highest BCUT2D eigenvalue weighted by atomic mass is 16.6. The average molecular weight is 326 g/mol. The van der Waals surface area contributed by atoms with Gasteiger partial charge in [0.25, 0.3) is 0 Å². The first kappa shape index (κ1) is 17.0. The van der Waals surface area contributed by atoms with E-state index in [4.69, 9.17) is 4.74 Å². The first-order chi connectivity index (χ1) is 10.7. The number of fused-ring (bicyclic) bond motifs is 1. The smallest absolute Gasteiger partial charge is 0.410 e. The number of piperidine rings is 2. The molecule has 3 aliphatic rings. The first-order valence-electron chi connectivity index (χ1n) is 8.74. The summed E-state index contributed by atoms with van der Waals surface area (Å²) >= 11 is 0. The highest BCUT2D eigenvalue weighted by molar-refractivity contribution is 5.68. The van der Waals surface area contributed by atoms with E-state index in [2.05, 4.69) is 4.90 Å². The van der Waals surface area contributed by atoms with Crippen LogP contribution in [-0.4, -0.2) is 76.6 Å². The minimum Gasteiger partial charge on any atom is -0.444 e. The number of hydrogen-bond acceptors (Lipinski definition) is 5. The standard InChI is InChI=1S/C17H30N2O4/c1-16(2,3)23-15(21)19-6-4-17(22,5-7-19)11-18-8-12-13(9-18)14(12)10-20/h12-14,20,22H,4-11H2,1-3H3. The lowest BCUT2D eigenvalue weighted by molar-refractivity contribution is -0.0491. The molecule has 2 heterocycles. The zero-order chi connectivity index (χ0) is 16.8. The second-order valence-electron chi connectivity index (χ2n) is 8.56. The molecule has 0 bridgehead atoms. The van der Waals surface area contributed by atoms with E-state index in [1.54, 1.807) is 4.90 Å². The van der Waals surface area contributed by atoms with E-state index < -0.39 is 11.2 Å². The summed E-state index contributed by atoms with van der Waals surface area (Å²) in [5, 5.41) is 20.0. The van der Waals surface area contributed by atoms with Crippen molar-refractivity contribution >= 4 is 6.09 Å². The molecule has 2 unspecified atom stereocenters. The van der Waals surface area contributed by atoms with E-state index in [0.717, 1.165) is 13.1 Å². The monoisotopic (exact) mass is 326 g/mol. The Bertz CT molecular complexity index is 442. The van der Waals surface area contributed by atoms with Gasteiger partial charge < -0.3 is 19.8 Å². The van der Waals surface area contributed by atoms with E-state index >= 15 is 0 Å². The van der Waals surface area contributed by atoms with Gasteiger partial charge in [0, 0.05) is 39.3 Å². The molecule has 6 heteroatoms. The quantitative estimate of drug-likeness (QED) is 0.807. The van der Waals surface area contributed by atoms with Crippen molar-refractivity contribution in [1.82, 2.24) is 9.80 Å². The highest BCUT2D eigenvalue weighted by Crippen LogP contribution is 2.51. The number of likely N-dealkylation sites (tertiary alicyclic amines) is 2. The first-order valence-corrected chi connectivity index (χ1v) is 8.74. The van der Waals surface area contributed by atoms with Crippen molar-refractivity contribution in [2.24, 2.45) is 17.8 Å². The van der Waals surface area contributed by atoms with E-state index in [1.807, 2.05) is 20.8 Å². The number of amides is 1. The normalized spacial score (nSPS) is 33.4.